The first-order valence-corrected chi connectivity index (χ1v) is 19.0. The quantitative estimate of drug-likeness (QED) is 0.182. The molecule has 0 atom stereocenters. The Morgan fingerprint density at radius 1 is 0.364 bits per heavy atom. The maximum absolute atomic E-state index is 6.48. The lowest BCUT2D eigenvalue weighted by atomic mass is 9.70. The predicted molar refractivity (Wildman–Crippen MR) is 228 cm³/mol. The van der Waals surface area contributed by atoms with Crippen molar-refractivity contribution in [3.8, 4) is 33.4 Å². The number of para-hydroxylation sites is 1. The predicted octanol–water partition coefficient (Wildman–Crippen LogP) is 14.2. The first kappa shape index (κ1) is 30.3. The molecule has 0 unspecified atom stereocenters. The fourth-order valence-electron chi connectivity index (χ4n) is 9.76. The molecule has 2 heteroatoms. The number of nitrogens with zero attached hydrogens (tertiary/aromatic N) is 1. The van der Waals surface area contributed by atoms with Crippen LogP contribution in [0.3, 0.4) is 0 Å². The maximum atomic E-state index is 6.48. The van der Waals surface area contributed by atoms with Crippen molar-refractivity contribution in [2.75, 3.05) is 4.90 Å². The third-order valence-electron chi connectivity index (χ3n) is 12.1. The molecule has 12 rings (SSSR count). The van der Waals surface area contributed by atoms with Crippen LogP contribution in [0.1, 0.15) is 22.3 Å². The summed E-state index contributed by atoms with van der Waals surface area (Å²) in [6, 6.07) is 73.4. The lowest BCUT2D eigenvalue weighted by Crippen LogP contribution is -2.26. The standard InChI is InChI=1S/C53H33NO/c1-2-13-34(14-3-1)37-26-29-42-43-30-28-39(33-48(43)53(47(42)32-37)45-20-9-6-17-40(45)41-18-7-10-21-46(41)53)54(38-27-25-35-15-4-5-16-36(35)31-38)49-22-12-24-51-52(49)44-19-8-11-23-50(44)55-51/h1-33H. The highest BCUT2D eigenvalue weighted by molar-refractivity contribution is 6.13. The molecule has 0 N–H and O–H groups in total. The van der Waals surface area contributed by atoms with Gasteiger partial charge >= 0.3 is 0 Å². The van der Waals surface area contributed by atoms with Crippen LogP contribution in [0.5, 0.6) is 0 Å². The Labute approximate surface area is 319 Å². The van der Waals surface area contributed by atoms with E-state index in [0.717, 1.165) is 39.0 Å². The van der Waals surface area contributed by atoms with Crippen molar-refractivity contribution in [2.24, 2.45) is 0 Å². The molecule has 2 aliphatic carbocycles. The second-order valence-corrected chi connectivity index (χ2v) is 14.8. The molecule has 10 aromatic rings. The van der Waals surface area contributed by atoms with Crippen LogP contribution in [0.2, 0.25) is 0 Å². The average Bonchev–Trinajstić information content (AvgIpc) is 3.88. The van der Waals surface area contributed by atoms with Crippen molar-refractivity contribution in [1.82, 2.24) is 0 Å². The molecule has 0 radical (unpaired) electrons. The van der Waals surface area contributed by atoms with E-state index >= 15 is 0 Å². The van der Waals surface area contributed by atoms with Crippen LogP contribution in [0.25, 0.3) is 66.1 Å². The molecule has 0 saturated carbocycles. The summed E-state index contributed by atoms with van der Waals surface area (Å²) in [5, 5.41) is 4.63. The summed E-state index contributed by atoms with van der Waals surface area (Å²) < 4.78 is 6.48. The fourth-order valence-corrected chi connectivity index (χ4v) is 9.76. The SMILES string of the molecule is c1ccc(-c2ccc3c(c2)C2(c4ccccc4-c4ccccc42)c2cc(N(c4ccc5ccccc5c4)c4cccc5oc6ccccc6c45)ccc2-3)cc1. The van der Waals surface area contributed by atoms with Crippen LogP contribution in [-0.2, 0) is 5.41 Å². The second kappa shape index (κ2) is 11.4. The topological polar surface area (TPSA) is 16.4 Å². The van der Waals surface area contributed by atoms with Crippen molar-refractivity contribution in [3.63, 3.8) is 0 Å². The van der Waals surface area contributed by atoms with Crippen LogP contribution < -0.4 is 4.90 Å². The number of rotatable bonds is 4. The Bertz CT molecular complexity index is 3120. The van der Waals surface area contributed by atoms with Gasteiger partial charge in [-0.25, -0.2) is 0 Å². The Kier molecular flexibility index (Phi) is 6.29. The Morgan fingerprint density at radius 3 is 1.78 bits per heavy atom. The number of hydrogen-bond acceptors (Lipinski definition) is 2. The molecular formula is C53H33NO. The number of anilines is 3. The van der Waals surface area contributed by atoms with Crippen LogP contribution in [0.4, 0.5) is 17.1 Å². The van der Waals surface area contributed by atoms with E-state index < -0.39 is 5.41 Å². The summed E-state index contributed by atoms with van der Waals surface area (Å²) in [4.78, 5) is 2.44. The first-order chi connectivity index (χ1) is 27.3. The van der Waals surface area contributed by atoms with Crippen LogP contribution in [0, 0.1) is 0 Å². The van der Waals surface area contributed by atoms with Gasteiger partial charge in [-0.3, -0.25) is 0 Å². The summed E-state index contributed by atoms with van der Waals surface area (Å²) >= 11 is 0. The molecule has 256 valence electrons. The van der Waals surface area contributed by atoms with E-state index in [9.17, 15) is 0 Å². The molecule has 1 aromatic heterocycles. The molecule has 1 spiro atoms. The number of hydrogen-bond donors (Lipinski definition) is 0. The minimum absolute atomic E-state index is 0.498. The molecular weight excluding hydrogens is 667 g/mol. The lowest BCUT2D eigenvalue weighted by Gasteiger charge is -2.32. The summed E-state index contributed by atoms with van der Waals surface area (Å²) in [5.41, 5.74) is 17.5. The van der Waals surface area contributed by atoms with Crippen LogP contribution in [-0.4, -0.2) is 0 Å². The number of fused-ring (bicyclic) bond motifs is 14. The lowest BCUT2D eigenvalue weighted by molar-refractivity contribution is 0.669. The Morgan fingerprint density at radius 2 is 0.964 bits per heavy atom. The van der Waals surface area contributed by atoms with Gasteiger partial charge in [-0.1, -0.05) is 152 Å². The summed E-state index contributed by atoms with van der Waals surface area (Å²) in [6.45, 7) is 0. The van der Waals surface area contributed by atoms with Gasteiger partial charge < -0.3 is 9.32 Å². The smallest absolute Gasteiger partial charge is 0.137 e. The summed E-state index contributed by atoms with van der Waals surface area (Å²) in [7, 11) is 0. The molecule has 0 fully saturated rings. The van der Waals surface area contributed by atoms with Gasteiger partial charge in [0.15, 0.2) is 0 Å². The van der Waals surface area contributed by atoms with E-state index in [0.29, 0.717) is 0 Å². The maximum Gasteiger partial charge on any atom is 0.137 e. The highest BCUT2D eigenvalue weighted by atomic mass is 16.3. The van der Waals surface area contributed by atoms with Gasteiger partial charge in [-0.05, 0) is 115 Å². The number of benzene rings is 9. The van der Waals surface area contributed by atoms with Gasteiger partial charge in [0.2, 0.25) is 0 Å². The van der Waals surface area contributed by atoms with Crippen LogP contribution in [0.15, 0.2) is 205 Å². The number of furan rings is 1. The minimum Gasteiger partial charge on any atom is -0.456 e. The van der Waals surface area contributed by atoms with Gasteiger partial charge in [0.05, 0.1) is 16.5 Å². The van der Waals surface area contributed by atoms with E-state index in [1.165, 1.54) is 66.4 Å². The third kappa shape index (κ3) is 4.19. The third-order valence-corrected chi connectivity index (χ3v) is 12.1. The normalized spacial score (nSPS) is 13.2. The van der Waals surface area contributed by atoms with Crippen molar-refractivity contribution in [3.05, 3.63) is 222 Å². The van der Waals surface area contributed by atoms with Crippen molar-refractivity contribution in [1.29, 1.82) is 0 Å². The molecule has 0 aliphatic heterocycles. The summed E-state index contributed by atoms with van der Waals surface area (Å²) in [5.74, 6) is 0. The highest BCUT2D eigenvalue weighted by Gasteiger charge is 2.52. The zero-order valence-electron chi connectivity index (χ0n) is 29.9. The zero-order chi connectivity index (χ0) is 36.1. The molecule has 2 nitrogen and oxygen atoms in total. The molecule has 55 heavy (non-hydrogen) atoms. The Hall–Kier alpha value is -7.16. The van der Waals surface area contributed by atoms with E-state index in [2.05, 4.69) is 199 Å². The molecule has 2 aliphatic rings. The van der Waals surface area contributed by atoms with Crippen molar-refractivity contribution in [2.45, 2.75) is 5.41 Å². The molecule has 0 amide bonds. The van der Waals surface area contributed by atoms with Gasteiger partial charge in [-0.2, -0.15) is 0 Å². The highest BCUT2D eigenvalue weighted by Crippen LogP contribution is 2.64. The largest absolute Gasteiger partial charge is 0.456 e. The van der Waals surface area contributed by atoms with E-state index in [1.807, 2.05) is 6.07 Å². The average molecular weight is 700 g/mol. The second-order valence-electron chi connectivity index (χ2n) is 14.8. The molecule has 1 heterocycles. The molecule has 0 saturated heterocycles. The van der Waals surface area contributed by atoms with E-state index in [-0.39, 0.29) is 0 Å². The zero-order valence-corrected chi connectivity index (χ0v) is 29.9. The van der Waals surface area contributed by atoms with Gasteiger partial charge in [0.25, 0.3) is 0 Å². The van der Waals surface area contributed by atoms with E-state index in [1.54, 1.807) is 0 Å². The van der Waals surface area contributed by atoms with Crippen LogP contribution >= 0.6 is 0 Å². The molecule has 9 aromatic carbocycles. The fraction of sp³-hybridized carbons (Fsp3) is 0.0189. The van der Waals surface area contributed by atoms with Gasteiger partial charge in [0, 0.05) is 16.8 Å². The monoisotopic (exact) mass is 699 g/mol. The first-order valence-electron chi connectivity index (χ1n) is 19.0. The minimum atomic E-state index is -0.498. The van der Waals surface area contributed by atoms with Crippen molar-refractivity contribution >= 4 is 49.8 Å². The molecule has 0 bridgehead atoms. The van der Waals surface area contributed by atoms with Gasteiger partial charge in [0.1, 0.15) is 11.2 Å². The van der Waals surface area contributed by atoms with Gasteiger partial charge in [-0.15, -0.1) is 0 Å². The van der Waals surface area contributed by atoms with Crippen molar-refractivity contribution < 1.29 is 4.42 Å². The van der Waals surface area contributed by atoms with E-state index in [4.69, 9.17) is 4.42 Å². The Balaban J connectivity index is 1.17. The summed E-state index contributed by atoms with van der Waals surface area (Å²) in [6.07, 6.45) is 0.